The summed E-state index contributed by atoms with van der Waals surface area (Å²) in [6.07, 6.45) is 3.38. The zero-order valence-corrected chi connectivity index (χ0v) is 17.0. The van der Waals surface area contributed by atoms with Crippen molar-refractivity contribution in [3.05, 3.63) is 72.1 Å². The van der Waals surface area contributed by atoms with Crippen LogP contribution in [0.2, 0.25) is 0 Å². The van der Waals surface area contributed by atoms with Crippen molar-refractivity contribution in [2.24, 2.45) is 0 Å². The second-order valence-electron chi connectivity index (χ2n) is 7.89. The van der Waals surface area contributed by atoms with E-state index in [9.17, 15) is 13.6 Å². The third-order valence-corrected chi connectivity index (χ3v) is 6.15. The highest BCUT2D eigenvalue weighted by molar-refractivity contribution is 5.89. The number of fused-ring (bicyclic) bond motifs is 4. The summed E-state index contributed by atoms with van der Waals surface area (Å²) < 4.78 is 34.9. The van der Waals surface area contributed by atoms with E-state index < -0.39 is 17.7 Å². The molecule has 5 rings (SSSR count). The van der Waals surface area contributed by atoms with E-state index in [1.54, 1.807) is 12.0 Å². The van der Waals surface area contributed by atoms with Gasteiger partial charge in [0.2, 0.25) is 0 Å². The first kappa shape index (κ1) is 19.4. The van der Waals surface area contributed by atoms with Crippen LogP contribution >= 0.6 is 0 Å². The van der Waals surface area contributed by atoms with Gasteiger partial charge in [-0.15, -0.1) is 0 Å². The number of nitrogens with zero attached hydrogens (tertiary/aromatic N) is 2. The molecule has 1 spiro atoms. The Labute approximate surface area is 178 Å². The molecule has 8 heteroatoms. The Hall–Kier alpha value is -3.55. The lowest BCUT2D eigenvalue weighted by Gasteiger charge is -2.46. The summed E-state index contributed by atoms with van der Waals surface area (Å²) in [6.45, 7) is 0.945. The lowest BCUT2D eigenvalue weighted by molar-refractivity contribution is 0.174. The van der Waals surface area contributed by atoms with Crippen LogP contribution in [0, 0.1) is 11.6 Å². The van der Waals surface area contributed by atoms with Crippen LogP contribution < -0.4 is 15.4 Å². The predicted molar refractivity (Wildman–Crippen MR) is 114 cm³/mol. The number of halogens is 2. The number of methoxy groups -OCH3 is 1. The fourth-order valence-electron chi connectivity index (χ4n) is 4.52. The van der Waals surface area contributed by atoms with Crippen LogP contribution in [0.25, 0.3) is 5.69 Å². The molecule has 3 heterocycles. The van der Waals surface area contributed by atoms with Crippen molar-refractivity contribution in [1.29, 1.82) is 0 Å². The molecule has 6 nitrogen and oxygen atoms in total. The lowest BCUT2D eigenvalue weighted by Crippen LogP contribution is -2.51. The third-order valence-electron chi connectivity index (χ3n) is 6.15. The summed E-state index contributed by atoms with van der Waals surface area (Å²) in [5.74, 6) is -0.498. The van der Waals surface area contributed by atoms with Gasteiger partial charge in [0, 0.05) is 37.1 Å². The highest BCUT2D eigenvalue weighted by atomic mass is 19.1. The number of anilines is 2. The number of aromatic nitrogens is 1. The van der Waals surface area contributed by atoms with Gasteiger partial charge in [0.05, 0.1) is 29.7 Å². The summed E-state index contributed by atoms with van der Waals surface area (Å²) in [5, 5.41) is 6.17. The zero-order valence-electron chi connectivity index (χ0n) is 17.0. The Morgan fingerprint density at radius 1 is 1.13 bits per heavy atom. The molecule has 2 aliphatic rings. The van der Waals surface area contributed by atoms with Crippen LogP contribution in [0.5, 0.6) is 5.75 Å². The van der Waals surface area contributed by atoms with Gasteiger partial charge in [-0.1, -0.05) is 0 Å². The molecule has 2 N–H and O–H groups in total. The van der Waals surface area contributed by atoms with E-state index in [0.29, 0.717) is 25.9 Å². The largest absolute Gasteiger partial charge is 0.497 e. The van der Waals surface area contributed by atoms with Crippen molar-refractivity contribution in [2.45, 2.75) is 18.4 Å². The van der Waals surface area contributed by atoms with Crippen molar-refractivity contribution < 1.29 is 18.3 Å². The van der Waals surface area contributed by atoms with Crippen molar-refractivity contribution in [2.75, 3.05) is 30.8 Å². The summed E-state index contributed by atoms with van der Waals surface area (Å²) in [6, 6.07) is 12.6. The number of nitrogens with one attached hydrogen (secondary N) is 2. The van der Waals surface area contributed by atoms with Crippen molar-refractivity contribution in [1.82, 2.24) is 9.47 Å². The Kier molecular flexibility index (Phi) is 4.57. The van der Waals surface area contributed by atoms with E-state index >= 15 is 0 Å². The number of hydrogen-bond donors (Lipinski definition) is 2. The van der Waals surface area contributed by atoms with Gasteiger partial charge in [-0.2, -0.15) is 0 Å². The first-order valence-corrected chi connectivity index (χ1v) is 10.1. The Balaban J connectivity index is 1.36. The zero-order chi connectivity index (χ0) is 21.6. The number of urea groups is 1. The molecule has 1 saturated heterocycles. The van der Waals surface area contributed by atoms with Gasteiger partial charge >= 0.3 is 6.03 Å². The molecule has 0 saturated carbocycles. The number of likely N-dealkylation sites (tertiary alicyclic amines) is 1. The Bertz CT molecular complexity index is 1150. The van der Waals surface area contributed by atoms with Gasteiger partial charge in [0.25, 0.3) is 0 Å². The molecule has 0 aliphatic carbocycles. The van der Waals surface area contributed by atoms with Crippen LogP contribution in [0.3, 0.4) is 0 Å². The number of carbonyl (C=O) groups is 1. The summed E-state index contributed by atoms with van der Waals surface area (Å²) in [7, 11) is 1.64. The molecule has 0 atom stereocenters. The summed E-state index contributed by atoms with van der Waals surface area (Å²) in [5.41, 5.74) is 2.68. The molecule has 2 aromatic carbocycles. The first-order valence-electron chi connectivity index (χ1n) is 10.1. The molecule has 31 heavy (non-hydrogen) atoms. The van der Waals surface area contributed by atoms with Crippen molar-refractivity contribution in [3.8, 4) is 11.4 Å². The molecule has 3 aromatic rings. The maximum absolute atomic E-state index is 13.9. The first-order chi connectivity index (χ1) is 15.0. The topological polar surface area (TPSA) is 58.5 Å². The Morgan fingerprint density at radius 3 is 2.71 bits per heavy atom. The number of ether oxygens (including phenoxy) is 1. The molecule has 1 fully saturated rings. The number of hydrogen-bond acceptors (Lipinski definition) is 3. The van der Waals surface area contributed by atoms with Crippen LogP contribution in [-0.4, -0.2) is 35.7 Å². The quantitative estimate of drug-likeness (QED) is 0.626. The number of rotatable bonds is 2. The van der Waals surface area contributed by atoms with E-state index in [1.807, 2.05) is 30.5 Å². The van der Waals surface area contributed by atoms with Gasteiger partial charge in [0.1, 0.15) is 17.4 Å². The number of amides is 2. The fourth-order valence-corrected chi connectivity index (χ4v) is 4.52. The smallest absolute Gasteiger partial charge is 0.321 e. The van der Waals surface area contributed by atoms with Gasteiger partial charge < -0.3 is 24.8 Å². The van der Waals surface area contributed by atoms with E-state index in [-0.39, 0.29) is 11.2 Å². The minimum Gasteiger partial charge on any atom is -0.497 e. The number of carbonyl (C=O) groups excluding carboxylic acids is 1. The molecule has 160 valence electrons. The van der Waals surface area contributed by atoms with Crippen LogP contribution in [0.4, 0.5) is 25.0 Å². The standard InChI is InChI=1S/C23H22F2N4O2/c1-31-16-5-7-20-19(14-16)27-23(21-3-2-10-29(20)21)8-11-28(12-9-23)22(30)26-18-13-15(24)4-6-17(18)25/h2-7,10,13-14,27H,8-9,11-12H2,1H3,(H,26,30). The predicted octanol–water partition coefficient (Wildman–Crippen LogP) is 4.71. The number of benzene rings is 2. The summed E-state index contributed by atoms with van der Waals surface area (Å²) >= 11 is 0. The van der Waals surface area contributed by atoms with Gasteiger partial charge in [-0.3, -0.25) is 0 Å². The highest BCUT2D eigenvalue weighted by Crippen LogP contribution is 2.44. The SMILES string of the molecule is COc1ccc2c(c1)NC1(CCN(C(=O)Nc3cc(F)ccc3F)CC1)c1cccn1-2. The van der Waals surface area contributed by atoms with Gasteiger partial charge in [0.15, 0.2) is 0 Å². The third kappa shape index (κ3) is 3.28. The minimum absolute atomic E-state index is 0.157. The van der Waals surface area contributed by atoms with E-state index in [1.165, 1.54) is 0 Å². The van der Waals surface area contributed by atoms with E-state index in [2.05, 4.69) is 21.3 Å². The molecule has 0 radical (unpaired) electrons. The van der Waals surface area contributed by atoms with Gasteiger partial charge in [-0.25, -0.2) is 13.6 Å². The van der Waals surface area contributed by atoms with Crippen LogP contribution in [-0.2, 0) is 5.54 Å². The normalized spacial score (nSPS) is 16.3. The Morgan fingerprint density at radius 2 is 1.94 bits per heavy atom. The molecular weight excluding hydrogens is 402 g/mol. The fraction of sp³-hybridized carbons (Fsp3) is 0.261. The highest BCUT2D eigenvalue weighted by Gasteiger charge is 2.42. The second-order valence-corrected chi connectivity index (χ2v) is 7.89. The monoisotopic (exact) mass is 424 g/mol. The maximum Gasteiger partial charge on any atom is 0.321 e. The van der Waals surface area contributed by atoms with E-state index in [0.717, 1.165) is 41.0 Å². The van der Waals surface area contributed by atoms with E-state index in [4.69, 9.17) is 4.74 Å². The molecular formula is C23H22F2N4O2. The van der Waals surface area contributed by atoms with Crippen molar-refractivity contribution in [3.63, 3.8) is 0 Å². The maximum atomic E-state index is 13.9. The summed E-state index contributed by atoms with van der Waals surface area (Å²) in [4.78, 5) is 14.3. The van der Waals surface area contributed by atoms with Gasteiger partial charge in [-0.05, 0) is 49.2 Å². The molecule has 1 aromatic heterocycles. The number of piperidine rings is 1. The molecule has 0 bridgehead atoms. The van der Waals surface area contributed by atoms with Crippen LogP contribution in [0.15, 0.2) is 54.7 Å². The lowest BCUT2D eigenvalue weighted by atomic mass is 9.82. The van der Waals surface area contributed by atoms with Crippen molar-refractivity contribution >= 4 is 17.4 Å². The average molecular weight is 424 g/mol. The molecule has 2 amide bonds. The minimum atomic E-state index is -0.666. The second kappa shape index (κ2) is 7.30. The van der Waals surface area contributed by atoms with Crippen LogP contribution in [0.1, 0.15) is 18.5 Å². The molecule has 2 aliphatic heterocycles. The molecule has 0 unspecified atom stereocenters. The average Bonchev–Trinajstić information content (AvgIpc) is 3.28.